The van der Waals surface area contributed by atoms with E-state index in [9.17, 15) is 9.59 Å². The van der Waals surface area contributed by atoms with E-state index >= 15 is 0 Å². The van der Waals surface area contributed by atoms with Gasteiger partial charge in [0.15, 0.2) is 0 Å². The van der Waals surface area contributed by atoms with Gasteiger partial charge in [-0.05, 0) is 42.9 Å². The van der Waals surface area contributed by atoms with Crippen molar-refractivity contribution >= 4 is 11.8 Å². The van der Waals surface area contributed by atoms with Crippen molar-refractivity contribution in [2.45, 2.75) is 43.9 Å². The molecule has 4 rings (SSSR count). The van der Waals surface area contributed by atoms with Gasteiger partial charge in [0.2, 0.25) is 11.8 Å². The van der Waals surface area contributed by atoms with Gasteiger partial charge >= 0.3 is 0 Å². The average molecular weight is 344 g/mol. The Morgan fingerprint density at radius 3 is 2.60 bits per heavy atom. The zero-order valence-electron chi connectivity index (χ0n) is 14.4. The molecule has 25 heavy (non-hydrogen) atoms. The van der Waals surface area contributed by atoms with Crippen molar-refractivity contribution in [2.75, 3.05) is 20.3 Å². The lowest BCUT2D eigenvalue weighted by Gasteiger charge is -2.36. The first kappa shape index (κ1) is 16.4. The van der Waals surface area contributed by atoms with Crippen LogP contribution in [0.5, 0.6) is 5.75 Å². The molecule has 3 aliphatic rings. The zero-order valence-corrected chi connectivity index (χ0v) is 14.4. The molecule has 1 aromatic rings. The average Bonchev–Trinajstić information content (AvgIpc) is 3.35. The van der Waals surface area contributed by atoms with Gasteiger partial charge in [-0.2, -0.15) is 0 Å². The molecule has 2 heterocycles. The van der Waals surface area contributed by atoms with Crippen molar-refractivity contribution < 1.29 is 19.1 Å². The summed E-state index contributed by atoms with van der Waals surface area (Å²) in [4.78, 5) is 27.1. The molecule has 1 aliphatic carbocycles. The second-order valence-electron chi connectivity index (χ2n) is 7.19. The molecular formula is C19H24N2O4. The van der Waals surface area contributed by atoms with Crippen molar-refractivity contribution in [1.29, 1.82) is 0 Å². The van der Waals surface area contributed by atoms with Crippen LogP contribution in [0.1, 0.15) is 24.8 Å². The molecule has 2 saturated heterocycles. The van der Waals surface area contributed by atoms with Gasteiger partial charge in [0.1, 0.15) is 17.8 Å². The van der Waals surface area contributed by atoms with Crippen molar-refractivity contribution in [2.24, 2.45) is 5.92 Å². The Kier molecular flexibility index (Phi) is 4.37. The van der Waals surface area contributed by atoms with Crippen LogP contribution in [0, 0.1) is 5.92 Å². The lowest BCUT2D eigenvalue weighted by Crippen LogP contribution is -2.64. The molecule has 134 valence electrons. The maximum Gasteiger partial charge on any atom is 0.246 e. The minimum absolute atomic E-state index is 0.00191. The highest BCUT2D eigenvalue weighted by Gasteiger charge is 2.48. The van der Waals surface area contributed by atoms with Gasteiger partial charge in [0.05, 0.1) is 13.2 Å². The summed E-state index contributed by atoms with van der Waals surface area (Å²) in [5, 5.41) is 2.91. The number of ether oxygens (including phenoxy) is 2. The summed E-state index contributed by atoms with van der Waals surface area (Å²) in [7, 11) is 1.62. The molecular weight excluding hydrogens is 320 g/mol. The number of amides is 2. The molecule has 0 aromatic heterocycles. The van der Waals surface area contributed by atoms with Gasteiger partial charge in [0.25, 0.3) is 0 Å². The van der Waals surface area contributed by atoms with Crippen LogP contribution in [0.4, 0.5) is 0 Å². The number of hydrogen-bond acceptors (Lipinski definition) is 4. The predicted octanol–water partition coefficient (Wildman–Crippen LogP) is 1.13. The van der Waals surface area contributed by atoms with Crippen LogP contribution in [-0.2, 0) is 20.7 Å². The molecule has 3 atom stereocenters. The Hall–Kier alpha value is -2.08. The molecule has 1 saturated carbocycles. The lowest BCUT2D eigenvalue weighted by molar-refractivity contribution is -0.150. The van der Waals surface area contributed by atoms with Crippen molar-refractivity contribution in [3.8, 4) is 5.75 Å². The van der Waals surface area contributed by atoms with E-state index < -0.39 is 12.1 Å². The fourth-order valence-electron chi connectivity index (χ4n) is 3.69. The van der Waals surface area contributed by atoms with Crippen molar-refractivity contribution in [3.63, 3.8) is 0 Å². The minimum atomic E-state index is -0.501. The highest BCUT2D eigenvalue weighted by atomic mass is 16.5. The number of methoxy groups -OCH3 is 1. The maximum absolute atomic E-state index is 12.8. The molecule has 2 aliphatic heterocycles. The number of nitrogens with zero attached hydrogens (tertiary/aromatic N) is 1. The van der Waals surface area contributed by atoms with Crippen LogP contribution < -0.4 is 10.1 Å². The van der Waals surface area contributed by atoms with Gasteiger partial charge in [-0.25, -0.2) is 0 Å². The van der Waals surface area contributed by atoms with E-state index in [4.69, 9.17) is 9.47 Å². The number of nitrogens with one attached hydrogen (secondary N) is 1. The summed E-state index contributed by atoms with van der Waals surface area (Å²) < 4.78 is 11.1. The molecule has 1 N–H and O–H groups in total. The zero-order chi connectivity index (χ0) is 17.4. The predicted molar refractivity (Wildman–Crippen MR) is 91.2 cm³/mol. The number of rotatable bonds is 6. The standard InChI is InChI=1S/C19H24N2O4/c1-24-14-6-4-12(5-7-14)10-15-19(23)21-9-8-16(17(21)18(22)20-15)25-11-13-2-3-13/h4-7,13,15-17H,2-3,8-11H2,1H3,(H,20,22). The highest BCUT2D eigenvalue weighted by molar-refractivity contribution is 5.98. The number of fused-ring (bicyclic) bond motifs is 1. The molecule has 0 spiro atoms. The molecule has 1 aromatic carbocycles. The number of benzene rings is 1. The maximum atomic E-state index is 12.8. The Bertz CT molecular complexity index is 656. The van der Waals surface area contributed by atoms with Crippen LogP contribution in [0.25, 0.3) is 0 Å². The van der Waals surface area contributed by atoms with Crippen molar-refractivity contribution in [3.05, 3.63) is 29.8 Å². The van der Waals surface area contributed by atoms with Crippen LogP contribution in [-0.4, -0.2) is 55.2 Å². The second kappa shape index (κ2) is 6.67. The molecule has 3 fully saturated rings. The normalized spacial score (nSPS) is 28.7. The summed E-state index contributed by atoms with van der Waals surface area (Å²) in [5.74, 6) is 1.34. The largest absolute Gasteiger partial charge is 0.497 e. The Labute approximate surface area is 147 Å². The Morgan fingerprint density at radius 1 is 1.16 bits per heavy atom. The third kappa shape index (κ3) is 3.35. The van der Waals surface area contributed by atoms with Gasteiger partial charge < -0.3 is 19.7 Å². The molecule has 6 nitrogen and oxygen atoms in total. The Balaban J connectivity index is 1.41. The van der Waals surface area contributed by atoms with E-state index in [1.165, 1.54) is 12.8 Å². The lowest BCUT2D eigenvalue weighted by atomic mass is 10.00. The first-order valence-electron chi connectivity index (χ1n) is 9.01. The number of carbonyl (C=O) groups excluding carboxylic acids is 2. The van der Waals surface area contributed by atoms with E-state index in [1.54, 1.807) is 12.0 Å². The van der Waals surface area contributed by atoms with E-state index in [-0.39, 0.29) is 17.9 Å². The first-order valence-corrected chi connectivity index (χ1v) is 9.01. The van der Waals surface area contributed by atoms with E-state index in [1.807, 2.05) is 24.3 Å². The summed E-state index contributed by atoms with van der Waals surface area (Å²) >= 11 is 0. The molecule has 3 unspecified atom stereocenters. The van der Waals surface area contributed by atoms with E-state index in [2.05, 4.69) is 5.32 Å². The Morgan fingerprint density at radius 2 is 1.92 bits per heavy atom. The topological polar surface area (TPSA) is 67.9 Å². The summed E-state index contributed by atoms with van der Waals surface area (Å²) in [6, 6.07) is 6.62. The van der Waals surface area contributed by atoms with Gasteiger partial charge in [-0.3, -0.25) is 9.59 Å². The second-order valence-corrected chi connectivity index (χ2v) is 7.19. The highest BCUT2D eigenvalue weighted by Crippen LogP contribution is 2.32. The van der Waals surface area contributed by atoms with Gasteiger partial charge in [-0.1, -0.05) is 12.1 Å². The number of carbonyl (C=O) groups is 2. The number of hydrogen-bond donors (Lipinski definition) is 1. The number of piperazine rings is 1. The monoisotopic (exact) mass is 344 g/mol. The quantitative estimate of drug-likeness (QED) is 0.840. The summed E-state index contributed by atoms with van der Waals surface area (Å²) in [6.45, 7) is 1.32. The molecule has 2 amide bonds. The third-order valence-electron chi connectivity index (χ3n) is 5.35. The van der Waals surface area contributed by atoms with E-state index in [0.717, 1.165) is 17.7 Å². The van der Waals surface area contributed by atoms with Crippen LogP contribution >= 0.6 is 0 Å². The fraction of sp³-hybridized carbons (Fsp3) is 0.579. The van der Waals surface area contributed by atoms with Crippen molar-refractivity contribution in [1.82, 2.24) is 10.2 Å². The van der Waals surface area contributed by atoms with Gasteiger partial charge in [-0.15, -0.1) is 0 Å². The molecule has 6 heteroatoms. The third-order valence-corrected chi connectivity index (χ3v) is 5.35. The van der Waals surface area contributed by atoms with E-state index in [0.29, 0.717) is 25.5 Å². The van der Waals surface area contributed by atoms with Gasteiger partial charge in [0, 0.05) is 19.6 Å². The smallest absolute Gasteiger partial charge is 0.246 e. The molecule has 0 bridgehead atoms. The SMILES string of the molecule is COc1ccc(CC2NC(=O)C3C(OCC4CC4)CCN3C2=O)cc1. The summed E-state index contributed by atoms with van der Waals surface area (Å²) in [6.07, 6.45) is 3.51. The minimum Gasteiger partial charge on any atom is -0.497 e. The fourth-order valence-corrected chi connectivity index (χ4v) is 3.69. The first-order chi connectivity index (χ1) is 12.2. The molecule has 0 radical (unpaired) electrons. The summed E-state index contributed by atoms with van der Waals surface area (Å²) in [5.41, 5.74) is 0.999. The van der Waals surface area contributed by atoms with Crippen LogP contribution in [0.15, 0.2) is 24.3 Å². The van der Waals surface area contributed by atoms with Crippen LogP contribution in [0.2, 0.25) is 0 Å². The van der Waals surface area contributed by atoms with Crippen LogP contribution in [0.3, 0.4) is 0 Å².